The van der Waals surface area contributed by atoms with Crippen LogP contribution in [0.2, 0.25) is 0 Å². The van der Waals surface area contributed by atoms with Gasteiger partial charge in [-0.2, -0.15) is 5.26 Å². The molecule has 3 heterocycles. The number of hydrogen-bond donors (Lipinski definition) is 0. The van der Waals surface area contributed by atoms with Gasteiger partial charge in [0.1, 0.15) is 0 Å². The average molecular weight is 641 g/mol. The van der Waals surface area contributed by atoms with Gasteiger partial charge in [-0.1, -0.05) is 97.1 Å². The van der Waals surface area contributed by atoms with Crippen LogP contribution in [0.1, 0.15) is 5.56 Å². The van der Waals surface area contributed by atoms with E-state index in [0.29, 0.717) is 11.3 Å². The minimum Gasteiger partial charge on any atom is -0.310 e. The lowest BCUT2D eigenvalue weighted by atomic mass is 10.00. The lowest BCUT2D eigenvalue weighted by molar-refractivity contribution is 1.18. The number of benzene rings is 7. The number of rotatable bonds is 3. The molecule has 0 aliphatic rings. The topological polar surface area (TPSA) is 38.0 Å². The maximum atomic E-state index is 9.71. The number of fused-ring (bicyclic) bond motifs is 10. The first-order valence-electron chi connectivity index (χ1n) is 16.1. The standard InChI is InChI=1S/C44H24N4S/c1-46-28-19-20-32(41(25-28)48-39-17-8-6-13-31(39)37-24-27(26-45)18-23-40(37)48)34-14-9-15-35-36-22-21-33-30-12-5-7-16-38(30)47(29-10-3-2-4-11-29)42(33)44(36)49-43(34)35/h2-25H. The van der Waals surface area contributed by atoms with Gasteiger partial charge in [0.05, 0.1) is 45.0 Å². The van der Waals surface area contributed by atoms with E-state index in [1.807, 2.05) is 53.8 Å². The number of para-hydroxylation sites is 3. The van der Waals surface area contributed by atoms with Crippen LogP contribution in [0, 0.1) is 17.9 Å². The molecule has 0 atom stereocenters. The minimum absolute atomic E-state index is 0.580. The van der Waals surface area contributed by atoms with Gasteiger partial charge in [0.15, 0.2) is 5.69 Å². The highest BCUT2D eigenvalue weighted by Gasteiger charge is 2.21. The molecule has 10 rings (SSSR count). The van der Waals surface area contributed by atoms with E-state index in [-0.39, 0.29) is 0 Å². The molecule has 5 heteroatoms. The fraction of sp³-hybridized carbons (Fsp3) is 0. The second kappa shape index (κ2) is 10.4. The van der Waals surface area contributed by atoms with E-state index in [9.17, 15) is 5.26 Å². The van der Waals surface area contributed by atoms with E-state index in [1.54, 1.807) is 0 Å². The molecule has 0 saturated heterocycles. The third kappa shape index (κ3) is 3.88. The van der Waals surface area contributed by atoms with Crippen molar-refractivity contribution < 1.29 is 0 Å². The maximum Gasteiger partial charge on any atom is 0.189 e. The van der Waals surface area contributed by atoms with Crippen LogP contribution < -0.4 is 0 Å². The Morgan fingerprint density at radius 1 is 0.531 bits per heavy atom. The van der Waals surface area contributed by atoms with Gasteiger partial charge in [-0.3, -0.25) is 0 Å². The Bertz CT molecular complexity index is 3070. The van der Waals surface area contributed by atoms with Crippen molar-refractivity contribution in [1.29, 1.82) is 5.26 Å². The Hall–Kier alpha value is -6.66. The fourth-order valence-electron chi connectivity index (χ4n) is 7.67. The zero-order valence-electron chi connectivity index (χ0n) is 26.1. The van der Waals surface area contributed by atoms with Crippen LogP contribution in [0.25, 0.3) is 91.1 Å². The van der Waals surface area contributed by atoms with Gasteiger partial charge in [-0.25, -0.2) is 4.85 Å². The first-order valence-corrected chi connectivity index (χ1v) is 16.9. The number of hydrogen-bond acceptors (Lipinski definition) is 2. The normalized spacial score (nSPS) is 11.6. The molecule has 0 aliphatic carbocycles. The van der Waals surface area contributed by atoms with Crippen LogP contribution in [0.4, 0.5) is 5.69 Å². The molecule has 4 nitrogen and oxygen atoms in total. The largest absolute Gasteiger partial charge is 0.310 e. The highest BCUT2D eigenvalue weighted by molar-refractivity contribution is 7.27. The molecule has 0 fully saturated rings. The van der Waals surface area contributed by atoms with Crippen LogP contribution in [0.3, 0.4) is 0 Å². The van der Waals surface area contributed by atoms with Crippen LogP contribution in [0.15, 0.2) is 146 Å². The van der Waals surface area contributed by atoms with Gasteiger partial charge < -0.3 is 9.13 Å². The van der Waals surface area contributed by atoms with Crippen molar-refractivity contribution in [2.24, 2.45) is 0 Å². The van der Waals surface area contributed by atoms with Gasteiger partial charge in [0.25, 0.3) is 0 Å². The maximum absolute atomic E-state index is 9.71. The molecule has 10 aromatic rings. The van der Waals surface area contributed by atoms with Gasteiger partial charge in [0, 0.05) is 59.5 Å². The Kier molecular flexibility index (Phi) is 5.84. The molecule has 49 heavy (non-hydrogen) atoms. The van der Waals surface area contributed by atoms with Crippen molar-refractivity contribution in [2.45, 2.75) is 0 Å². The Labute approximate surface area is 285 Å². The summed E-state index contributed by atoms with van der Waals surface area (Å²) in [5, 5.41) is 16.7. The minimum atomic E-state index is 0.580. The lowest BCUT2D eigenvalue weighted by Gasteiger charge is -2.15. The summed E-state index contributed by atoms with van der Waals surface area (Å²) in [6, 6.07) is 53.0. The van der Waals surface area contributed by atoms with E-state index in [1.165, 1.54) is 42.0 Å². The molecule has 3 aromatic heterocycles. The Morgan fingerprint density at radius 2 is 1.20 bits per heavy atom. The Balaban J connectivity index is 1.31. The van der Waals surface area contributed by atoms with Gasteiger partial charge >= 0.3 is 0 Å². The van der Waals surface area contributed by atoms with Crippen molar-refractivity contribution in [2.75, 3.05) is 0 Å². The zero-order valence-corrected chi connectivity index (χ0v) is 26.9. The summed E-state index contributed by atoms with van der Waals surface area (Å²) in [6.45, 7) is 7.92. The van der Waals surface area contributed by atoms with Gasteiger partial charge in [-0.05, 0) is 48.5 Å². The number of nitriles is 1. The quantitative estimate of drug-likeness (QED) is 0.177. The van der Waals surface area contributed by atoms with Crippen molar-refractivity contribution in [3.05, 3.63) is 163 Å². The first-order chi connectivity index (χ1) is 24.2. The van der Waals surface area contributed by atoms with Crippen molar-refractivity contribution in [3.63, 3.8) is 0 Å². The smallest absolute Gasteiger partial charge is 0.189 e. The molecule has 0 N–H and O–H groups in total. The van der Waals surface area contributed by atoms with Crippen LogP contribution in [0.5, 0.6) is 0 Å². The van der Waals surface area contributed by atoms with Crippen molar-refractivity contribution >= 4 is 80.8 Å². The predicted molar refractivity (Wildman–Crippen MR) is 204 cm³/mol. The summed E-state index contributed by atoms with van der Waals surface area (Å²) >= 11 is 1.84. The average Bonchev–Trinajstić information content (AvgIpc) is 3.82. The molecule has 0 bridgehead atoms. The van der Waals surface area contributed by atoms with Crippen LogP contribution in [-0.4, -0.2) is 9.13 Å². The highest BCUT2D eigenvalue weighted by atomic mass is 32.1. The predicted octanol–water partition coefficient (Wildman–Crippen LogP) is 12.3. The molecule has 0 saturated carbocycles. The van der Waals surface area contributed by atoms with Crippen molar-refractivity contribution in [3.8, 4) is 28.6 Å². The zero-order chi connectivity index (χ0) is 32.6. The van der Waals surface area contributed by atoms with Gasteiger partial charge in [-0.15, -0.1) is 11.3 Å². The first kappa shape index (κ1) is 27.5. The molecule has 0 unspecified atom stereocenters. The second-order valence-corrected chi connectivity index (χ2v) is 13.3. The van der Waals surface area contributed by atoms with Crippen molar-refractivity contribution in [1.82, 2.24) is 9.13 Å². The molecule has 0 radical (unpaired) electrons. The van der Waals surface area contributed by atoms with Crippen LogP contribution in [-0.2, 0) is 0 Å². The summed E-state index contributed by atoms with van der Waals surface area (Å²) in [6.07, 6.45) is 0. The summed E-state index contributed by atoms with van der Waals surface area (Å²) in [7, 11) is 0. The van der Waals surface area contributed by atoms with E-state index in [2.05, 4.69) is 123 Å². The summed E-state index contributed by atoms with van der Waals surface area (Å²) < 4.78 is 7.12. The third-order valence-corrected chi connectivity index (χ3v) is 11.0. The summed E-state index contributed by atoms with van der Waals surface area (Å²) in [4.78, 5) is 3.85. The second-order valence-electron chi connectivity index (χ2n) is 12.3. The molecule has 0 amide bonds. The lowest BCUT2D eigenvalue weighted by Crippen LogP contribution is -1.97. The molecule has 0 aliphatic heterocycles. The molecule has 0 spiro atoms. The summed E-state index contributed by atoms with van der Waals surface area (Å²) in [5.74, 6) is 0. The molecular weight excluding hydrogens is 617 g/mol. The van der Waals surface area contributed by atoms with E-state index in [0.717, 1.165) is 44.3 Å². The van der Waals surface area contributed by atoms with E-state index >= 15 is 0 Å². The monoisotopic (exact) mass is 640 g/mol. The van der Waals surface area contributed by atoms with E-state index < -0.39 is 0 Å². The number of thiophene rings is 1. The van der Waals surface area contributed by atoms with Crippen LogP contribution >= 0.6 is 11.3 Å². The molecule has 7 aromatic carbocycles. The summed E-state index contributed by atoms with van der Waals surface area (Å²) in [5.41, 5.74) is 9.91. The highest BCUT2D eigenvalue weighted by Crippen LogP contribution is 2.47. The number of aromatic nitrogens is 2. The molecular formula is C44H24N4S. The molecule has 226 valence electrons. The fourth-order valence-corrected chi connectivity index (χ4v) is 9.03. The SMILES string of the molecule is [C-]#[N+]c1ccc(-c2cccc3c2sc2c3ccc3c4ccccc4n(-c4ccccc4)c32)c(-n2c3ccccc3c3cc(C#N)ccc32)c1. The van der Waals surface area contributed by atoms with Gasteiger partial charge in [0.2, 0.25) is 0 Å². The number of nitrogens with zero attached hydrogens (tertiary/aromatic N) is 4. The third-order valence-electron chi connectivity index (χ3n) is 9.76. The Morgan fingerprint density at radius 3 is 2.00 bits per heavy atom. The van der Waals surface area contributed by atoms with E-state index in [4.69, 9.17) is 6.57 Å².